The first-order valence-corrected chi connectivity index (χ1v) is 7.45. The minimum Gasteiger partial charge on any atom is -0.457 e. The highest BCUT2D eigenvalue weighted by Crippen LogP contribution is 2.20. The molecule has 0 aromatic heterocycles. The normalized spacial score (nSPS) is 10.2. The van der Waals surface area contributed by atoms with Crippen LogP contribution in [0.4, 0.5) is 0 Å². The molecule has 0 saturated carbocycles. The average molecular weight is 312 g/mol. The van der Waals surface area contributed by atoms with Gasteiger partial charge in [-0.05, 0) is 50.2 Å². The molecule has 0 unspecified atom stereocenters. The standard InChI is InChI=1S/C18H20N2O3/c1-13(2)20-17(21)12-19-18(22)14-8-10-16(11-9-14)23-15-6-4-3-5-7-15/h3-11,13H,12H2,1-2H3,(H,19,22)(H,20,21). The van der Waals surface area contributed by atoms with Crippen LogP contribution in [0.25, 0.3) is 0 Å². The van der Waals surface area contributed by atoms with E-state index < -0.39 is 0 Å². The lowest BCUT2D eigenvalue weighted by Gasteiger charge is -2.10. The molecule has 0 aliphatic rings. The van der Waals surface area contributed by atoms with Crippen molar-refractivity contribution >= 4 is 11.8 Å². The zero-order valence-corrected chi connectivity index (χ0v) is 13.2. The summed E-state index contributed by atoms with van der Waals surface area (Å²) >= 11 is 0. The minimum atomic E-state index is -0.296. The van der Waals surface area contributed by atoms with Gasteiger partial charge in [0.1, 0.15) is 11.5 Å². The van der Waals surface area contributed by atoms with E-state index in [0.29, 0.717) is 11.3 Å². The third kappa shape index (κ3) is 5.47. The van der Waals surface area contributed by atoms with Crippen LogP contribution in [-0.2, 0) is 4.79 Å². The van der Waals surface area contributed by atoms with Crippen LogP contribution in [0.15, 0.2) is 54.6 Å². The van der Waals surface area contributed by atoms with Crippen molar-refractivity contribution in [1.29, 1.82) is 0 Å². The summed E-state index contributed by atoms with van der Waals surface area (Å²) in [5.74, 6) is 0.868. The molecule has 0 radical (unpaired) electrons. The van der Waals surface area contributed by atoms with Gasteiger partial charge in [0.15, 0.2) is 0 Å². The molecule has 0 aliphatic carbocycles. The molecule has 2 aromatic carbocycles. The Labute approximate surface area is 135 Å². The monoisotopic (exact) mass is 312 g/mol. The van der Waals surface area contributed by atoms with Gasteiger partial charge in [-0.1, -0.05) is 18.2 Å². The fraction of sp³-hybridized carbons (Fsp3) is 0.222. The maximum Gasteiger partial charge on any atom is 0.251 e. The van der Waals surface area contributed by atoms with Gasteiger partial charge >= 0.3 is 0 Å². The largest absolute Gasteiger partial charge is 0.457 e. The van der Waals surface area contributed by atoms with Crippen LogP contribution >= 0.6 is 0 Å². The number of rotatable bonds is 6. The highest BCUT2D eigenvalue weighted by atomic mass is 16.5. The maximum atomic E-state index is 12.0. The van der Waals surface area contributed by atoms with Crippen molar-refractivity contribution in [3.63, 3.8) is 0 Å². The first-order chi connectivity index (χ1) is 11.0. The summed E-state index contributed by atoms with van der Waals surface area (Å²) in [4.78, 5) is 23.5. The van der Waals surface area contributed by atoms with Gasteiger partial charge in [0, 0.05) is 11.6 Å². The number of ether oxygens (including phenoxy) is 1. The van der Waals surface area contributed by atoms with Crippen molar-refractivity contribution in [3.8, 4) is 11.5 Å². The van der Waals surface area contributed by atoms with E-state index in [1.54, 1.807) is 24.3 Å². The number of benzene rings is 2. The van der Waals surface area contributed by atoms with Gasteiger partial charge in [-0.3, -0.25) is 9.59 Å². The van der Waals surface area contributed by atoms with Gasteiger partial charge in [-0.25, -0.2) is 0 Å². The predicted octanol–water partition coefficient (Wildman–Crippen LogP) is 2.73. The fourth-order valence-electron chi connectivity index (χ4n) is 1.93. The second-order valence-corrected chi connectivity index (χ2v) is 5.34. The van der Waals surface area contributed by atoms with Gasteiger partial charge in [0.25, 0.3) is 5.91 Å². The Morgan fingerprint density at radius 3 is 2.17 bits per heavy atom. The molecule has 0 fully saturated rings. The first-order valence-electron chi connectivity index (χ1n) is 7.45. The number of nitrogens with one attached hydrogen (secondary N) is 2. The van der Waals surface area contributed by atoms with E-state index in [1.165, 1.54) is 0 Å². The molecular weight excluding hydrogens is 292 g/mol. The Morgan fingerprint density at radius 1 is 0.957 bits per heavy atom. The van der Waals surface area contributed by atoms with Crippen LogP contribution in [0.1, 0.15) is 24.2 Å². The topological polar surface area (TPSA) is 67.4 Å². The SMILES string of the molecule is CC(C)NC(=O)CNC(=O)c1ccc(Oc2ccccc2)cc1. The second kappa shape index (κ2) is 7.98. The molecule has 0 saturated heterocycles. The lowest BCUT2D eigenvalue weighted by atomic mass is 10.2. The number of carbonyl (C=O) groups excluding carboxylic acids is 2. The summed E-state index contributed by atoms with van der Waals surface area (Å²) in [6, 6.07) is 16.2. The quantitative estimate of drug-likeness (QED) is 0.862. The first kappa shape index (κ1) is 16.5. The highest BCUT2D eigenvalue weighted by Gasteiger charge is 2.09. The number of hydrogen-bond donors (Lipinski definition) is 2. The van der Waals surface area contributed by atoms with Crippen molar-refractivity contribution in [2.75, 3.05) is 6.54 Å². The van der Waals surface area contributed by atoms with Crippen molar-refractivity contribution in [2.45, 2.75) is 19.9 Å². The molecule has 2 rings (SSSR count). The van der Waals surface area contributed by atoms with E-state index in [-0.39, 0.29) is 24.4 Å². The van der Waals surface area contributed by atoms with E-state index in [4.69, 9.17) is 4.74 Å². The Hall–Kier alpha value is -2.82. The third-order valence-corrected chi connectivity index (χ3v) is 2.95. The fourth-order valence-corrected chi connectivity index (χ4v) is 1.93. The van der Waals surface area contributed by atoms with Crippen molar-refractivity contribution < 1.29 is 14.3 Å². The van der Waals surface area contributed by atoms with Crippen LogP contribution in [0.5, 0.6) is 11.5 Å². The van der Waals surface area contributed by atoms with Crippen LogP contribution in [0, 0.1) is 0 Å². The van der Waals surface area contributed by atoms with Gasteiger partial charge in [-0.2, -0.15) is 0 Å². The minimum absolute atomic E-state index is 0.0424. The second-order valence-electron chi connectivity index (χ2n) is 5.34. The van der Waals surface area contributed by atoms with Gasteiger partial charge in [-0.15, -0.1) is 0 Å². The Balaban J connectivity index is 1.89. The summed E-state index contributed by atoms with van der Waals surface area (Å²) in [5.41, 5.74) is 0.475. The molecule has 2 aromatic rings. The molecule has 5 heteroatoms. The average Bonchev–Trinajstić information content (AvgIpc) is 2.54. The van der Waals surface area contributed by atoms with Crippen LogP contribution in [0.3, 0.4) is 0 Å². The Bertz CT molecular complexity index is 652. The van der Waals surface area contributed by atoms with E-state index in [0.717, 1.165) is 5.75 Å². The van der Waals surface area contributed by atoms with E-state index >= 15 is 0 Å². The molecule has 2 amide bonds. The van der Waals surface area contributed by atoms with Crippen LogP contribution in [-0.4, -0.2) is 24.4 Å². The van der Waals surface area contributed by atoms with E-state index in [9.17, 15) is 9.59 Å². The lowest BCUT2D eigenvalue weighted by Crippen LogP contribution is -2.39. The molecule has 120 valence electrons. The number of hydrogen-bond acceptors (Lipinski definition) is 3. The molecule has 23 heavy (non-hydrogen) atoms. The third-order valence-electron chi connectivity index (χ3n) is 2.95. The maximum absolute atomic E-state index is 12.0. The molecule has 5 nitrogen and oxygen atoms in total. The molecule has 0 aliphatic heterocycles. The van der Waals surface area contributed by atoms with Crippen LogP contribution < -0.4 is 15.4 Å². The number of carbonyl (C=O) groups is 2. The van der Waals surface area contributed by atoms with E-state index in [1.807, 2.05) is 44.2 Å². The molecule has 0 atom stereocenters. The summed E-state index contributed by atoms with van der Waals surface area (Å²) in [6.45, 7) is 3.69. The number of para-hydroxylation sites is 1. The smallest absolute Gasteiger partial charge is 0.251 e. The van der Waals surface area contributed by atoms with E-state index in [2.05, 4.69) is 10.6 Å². The Kier molecular flexibility index (Phi) is 5.74. The Morgan fingerprint density at radius 2 is 1.57 bits per heavy atom. The van der Waals surface area contributed by atoms with Gasteiger partial charge in [0.2, 0.25) is 5.91 Å². The zero-order valence-electron chi connectivity index (χ0n) is 13.2. The summed E-state index contributed by atoms with van der Waals surface area (Å²) in [5, 5.41) is 5.29. The van der Waals surface area contributed by atoms with Crippen molar-refractivity contribution in [1.82, 2.24) is 10.6 Å². The predicted molar refractivity (Wildman–Crippen MR) is 88.6 cm³/mol. The lowest BCUT2D eigenvalue weighted by molar-refractivity contribution is -0.120. The molecule has 0 bridgehead atoms. The van der Waals surface area contributed by atoms with Crippen molar-refractivity contribution in [2.24, 2.45) is 0 Å². The zero-order chi connectivity index (χ0) is 16.7. The molecule has 0 spiro atoms. The van der Waals surface area contributed by atoms with Gasteiger partial charge in [0.05, 0.1) is 6.54 Å². The van der Waals surface area contributed by atoms with Crippen LogP contribution in [0.2, 0.25) is 0 Å². The summed E-state index contributed by atoms with van der Waals surface area (Å²) < 4.78 is 5.66. The van der Waals surface area contributed by atoms with Crippen molar-refractivity contribution in [3.05, 3.63) is 60.2 Å². The number of amides is 2. The summed E-state index contributed by atoms with van der Waals surface area (Å²) in [7, 11) is 0. The molecule has 0 heterocycles. The van der Waals surface area contributed by atoms with Gasteiger partial charge < -0.3 is 15.4 Å². The molecule has 2 N–H and O–H groups in total. The molecular formula is C18H20N2O3. The summed E-state index contributed by atoms with van der Waals surface area (Å²) in [6.07, 6.45) is 0. The highest BCUT2D eigenvalue weighted by molar-refractivity contribution is 5.96.